The fourth-order valence-electron chi connectivity index (χ4n) is 1.84. The molecule has 0 radical (unpaired) electrons. The van der Waals surface area contributed by atoms with Crippen molar-refractivity contribution < 1.29 is 24.5 Å². The Kier molecular flexibility index (Phi) is 6.42. The van der Waals surface area contributed by atoms with Crippen LogP contribution >= 0.6 is 0 Å². The van der Waals surface area contributed by atoms with E-state index in [0.29, 0.717) is 12.4 Å². The second-order valence-corrected chi connectivity index (χ2v) is 4.66. The summed E-state index contributed by atoms with van der Waals surface area (Å²) in [5.41, 5.74) is 6.18. The van der Waals surface area contributed by atoms with Gasteiger partial charge in [0.15, 0.2) is 0 Å². The van der Waals surface area contributed by atoms with Crippen LogP contribution in [0.15, 0.2) is 36.9 Å². The fourth-order valence-corrected chi connectivity index (χ4v) is 1.84. The molecule has 6 nitrogen and oxygen atoms in total. The zero-order valence-corrected chi connectivity index (χ0v) is 11.6. The molecule has 4 N–H and O–H groups in total. The highest BCUT2D eigenvalue weighted by atomic mass is 16.5. The molecule has 0 bridgehead atoms. The van der Waals surface area contributed by atoms with Gasteiger partial charge in [-0.1, -0.05) is 24.8 Å². The van der Waals surface area contributed by atoms with Crippen LogP contribution in [0.4, 0.5) is 0 Å². The van der Waals surface area contributed by atoms with E-state index >= 15 is 0 Å². The van der Waals surface area contributed by atoms with Crippen molar-refractivity contribution >= 4 is 11.9 Å². The summed E-state index contributed by atoms with van der Waals surface area (Å²) < 4.78 is 5.33. The molecule has 2 atom stereocenters. The number of benzene rings is 1. The summed E-state index contributed by atoms with van der Waals surface area (Å²) in [6.45, 7) is 3.94. The Labute approximate surface area is 122 Å². The van der Waals surface area contributed by atoms with E-state index in [-0.39, 0.29) is 12.8 Å². The molecule has 0 amide bonds. The second-order valence-electron chi connectivity index (χ2n) is 4.66. The van der Waals surface area contributed by atoms with Gasteiger partial charge < -0.3 is 20.7 Å². The van der Waals surface area contributed by atoms with Gasteiger partial charge in [-0.2, -0.15) is 0 Å². The molecule has 0 spiro atoms. The van der Waals surface area contributed by atoms with Crippen LogP contribution in [-0.4, -0.2) is 34.8 Å². The van der Waals surface area contributed by atoms with Crippen molar-refractivity contribution in [1.82, 2.24) is 0 Å². The summed E-state index contributed by atoms with van der Waals surface area (Å²) in [5.74, 6) is -2.43. The van der Waals surface area contributed by atoms with Gasteiger partial charge >= 0.3 is 11.9 Å². The number of rotatable bonds is 9. The van der Waals surface area contributed by atoms with E-state index in [9.17, 15) is 9.59 Å². The molecule has 0 aliphatic carbocycles. The Morgan fingerprint density at radius 1 is 1.24 bits per heavy atom. The Morgan fingerprint density at radius 2 is 1.86 bits per heavy atom. The Hall–Kier alpha value is -2.34. The third kappa shape index (κ3) is 5.66. The van der Waals surface area contributed by atoms with Gasteiger partial charge in [-0.3, -0.25) is 9.59 Å². The Morgan fingerprint density at radius 3 is 2.33 bits per heavy atom. The van der Waals surface area contributed by atoms with Crippen molar-refractivity contribution in [2.45, 2.75) is 18.9 Å². The number of hydrogen-bond donors (Lipinski definition) is 3. The third-order valence-corrected chi connectivity index (χ3v) is 2.98. The SMILES string of the molecule is C=CCOc1ccc(CC(CC(N)C(=O)O)C(=O)O)cc1. The van der Waals surface area contributed by atoms with Crippen LogP contribution in [0.2, 0.25) is 0 Å². The van der Waals surface area contributed by atoms with Crippen LogP contribution in [-0.2, 0) is 16.0 Å². The van der Waals surface area contributed by atoms with Gasteiger partial charge in [0.2, 0.25) is 0 Å². The minimum absolute atomic E-state index is 0.112. The van der Waals surface area contributed by atoms with Gasteiger partial charge in [0.05, 0.1) is 5.92 Å². The highest BCUT2D eigenvalue weighted by Gasteiger charge is 2.24. The minimum atomic E-state index is -1.20. The van der Waals surface area contributed by atoms with Crippen molar-refractivity contribution in [1.29, 1.82) is 0 Å². The molecule has 6 heteroatoms. The van der Waals surface area contributed by atoms with Crippen molar-refractivity contribution in [3.8, 4) is 5.75 Å². The maximum absolute atomic E-state index is 11.2. The average Bonchev–Trinajstić information content (AvgIpc) is 2.45. The van der Waals surface area contributed by atoms with Gasteiger partial charge in [0.1, 0.15) is 18.4 Å². The molecule has 1 aromatic rings. The zero-order chi connectivity index (χ0) is 15.8. The molecule has 1 rings (SSSR count). The van der Waals surface area contributed by atoms with Crippen LogP contribution in [0.1, 0.15) is 12.0 Å². The van der Waals surface area contributed by atoms with E-state index in [1.807, 2.05) is 0 Å². The first-order valence-corrected chi connectivity index (χ1v) is 6.48. The van der Waals surface area contributed by atoms with Crippen LogP contribution in [0, 0.1) is 5.92 Å². The lowest BCUT2D eigenvalue weighted by Gasteiger charge is -2.15. The number of carbonyl (C=O) groups is 2. The summed E-state index contributed by atoms with van der Waals surface area (Å²) in [7, 11) is 0. The van der Waals surface area contributed by atoms with Gasteiger partial charge in [0.25, 0.3) is 0 Å². The highest BCUT2D eigenvalue weighted by molar-refractivity contribution is 5.76. The summed E-state index contributed by atoms with van der Waals surface area (Å²) in [6.07, 6.45) is 1.74. The van der Waals surface area contributed by atoms with E-state index < -0.39 is 23.9 Å². The van der Waals surface area contributed by atoms with Gasteiger partial charge in [-0.25, -0.2) is 0 Å². The van der Waals surface area contributed by atoms with E-state index in [4.69, 9.17) is 20.7 Å². The van der Waals surface area contributed by atoms with Crippen molar-refractivity contribution in [3.05, 3.63) is 42.5 Å². The normalized spacial score (nSPS) is 13.2. The van der Waals surface area contributed by atoms with E-state index in [1.165, 1.54) is 0 Å². The summed E-state index contributed by atoms with van der Waals surface area (Å²) >= 11 is 0. The molecule has 114 valence electrons. The minimum Gasteiger partial charge on any atom is -0.490 e. The maximum atomic E-state index is 11.2. The number of ether oxygens (including phenoxy) is 1. The number of hydrogen-bond acceptors (Lipinski definition) is 4. The van der Waals surface area contributed by atoms with E-state index in [2.05, 4.69) is 6.58 Å². The molecule has 1 aromatic carbocycles. The van der Waals surface area contributed by atoms with Crippen LogP contribution in [0.25, 0.3) is 0 Å². The molecular weight excluding hydrogens is 274 g/mol. The molecule has 0 heterocycles. The van der Waals surface area contributed by atoms with Crippen LogP contribution in [0.3, 0.4) is 0 Å². The lowest BCUT2D eigenvalue weighted by atomic mass is 9.93. The van der Waals surface area contributed by atoms with Crippen molar-refractivity contribution in [2.24, 2.45) is 11.7 Å². The van der Waals surface area contributed by atoms with Crippen LogP contribution in [0.5, 0.6) is 5.75 Å². The number of aliphatic carboxylic acids is 2. The monoisotopic (exact) mass is 293 g/mol. The zero-order valence-electron chi connectivity index (χ0n) is 11.6. The Bertz CT molecular complexity index is 497. The van der Waals surface area contributed by atoms with E-state index in [1.54, 1.807) is 30.3 Å². The average molecular weight is 293 g/mol. The van der Waals surface area contributed by atoms with Gasteiger partial charge in [-0.05, 0) is 30.5 Å². The standard InChI is InChI=1S/C15H19NO5/c1-2-7-21-12-5-3-10(4-6-12)8-11(14(17)18)9-13(16)15(19)20/h2-6,11,13H,1,7-9,16H2,(H,17,18)(H,19,20). The largest absolute Gasteiger partial charge is 0.490 e. The molecule has 0 saturated carbocycles. The first-order chi connectivity index (χ1) is 9.93. The van der Waals surface area contributed by atoms with Gasteiger partial charge in [0, 0.05) is 0 Å². The number of carboxylic acids is 2. The molecule has 0 aliphatic heterocycles. The fraction of sp³-hybridized carbons (Fsp3) is 0.333. The van der Waals surface area contributed by atoms with Crippen molar-refractivity contribution in [2.75, 3.05) is 6.61 Å². The van der Waals surface area contributed by atoms with E-state index in [0.717, 1.165) is 5.56 Å². The Balaban J connectivity index is 2.68. The molecule has 0 aliphatic rings. The lowest BCUT2D eigenvalue weighted by Crippen LogP contribution is -2.35. The quantitative estimate of drug-likeness (QED) is 0.592. The second kappa shape index (κ2) is 8.06. The highest BCUT2D eigenvalue weighted by Crippen LogP contribution is 2.18. The molecule has 2 unspecified atom stereocenters. The first-order valence-electron chi connectivity index (χ1n) is 6.48. The molecule has 0 aromatic heterocycles. The molecule has 0 fully saturated rings. The molecular formula is C15H19NO5. The summed E-state index contributed by atoms with van der Waals surface area (Å²) in [4.78, 5) is 21.9. The van der Waals surface area contributed by atoms with Crippen LogP contribution < -0.4 is 10.5 Å². The first kappa shape index (κ1) is 16.7. The number of nitrogens with two attached hydrogens (primary N) is 1. The summed E-state index contributed by atoms with van der Waals surface area (Å²) in [5, 5.41) is 17.9. The lowest BCUT2D eigenvalue weighted by molar-refractivity contribution is -0.143. The van der Waals surface area contributed by atoms with Gasteiger partial charge in [-0.15, -0.1) is 0 Å². The molecule has 21 heavy (non-hydrogen) atoms. The smallest absolute Gasteiger partial charge is 0.320 e. The number of carboxylic acid groups (broad SMARTS) is 2. The predicted molar refractivity (Wildman–Crippen MR) is 77.2 cm³/mol. The maximum Gasteiger partial charge on any atom is 0.320 e. The topological polar surface area (TPSA) is 110 Å². The predicted octanol–water partition coefficient (Wildman–Crippen LogP) is 1.30. The third-order valence-electron chi connectivity index (χ3n) is 2.98. The molecule has 0 saturated heterocycles. The van der Waals surface area contributed by atoms with Crippen molar-refractivity contribution in [3.63, 3.8) is 0 Å². The summed E-state index contributed by atoms with van der Waals surface area (Å²) in [6, 6.07) is 5.78.